The Bertz CT molecular complexity index is 354. The maximum absolute atomic E-state index is 11.3. The van der Waals surface area contributed by atoms with Crippen LogP contribution in [0.5, 0.6) is 0 Å². The molecule has 2 rings (SSSR count). The van der Waals surface area contributed by atoms with E-state index in [0.717, 1.165) is 5.56 Å². The summed E-state index contributed by atoms with van der Waals surface area (Å²) in [4.78, 5) is 11.3. The Kier molecular flexibility index (Phi) is 2.35. The van der Waals surface area contributed by atoms with Crippen molar-refractivity contribution < 1.29 is 9.53 Å². The van der Waals surface area contributed by atoms with Crippen LogP contribution in [0.3, 0.4) is 0 Å². The molecule has 2 heteroatoms. The molecular formula is C12H12O2. The first-order valence-electron chi connectivity index (χ1n) is 4.66. The van der Waals surface area contributed by atoms with E-state index in [0.29, 0.717) is 0 Å². The highest BCUT2D eigenvalue weighted by atomic mass is 16.5. The van der Waals surface area contributed by atoms with Gasteiger partial charge in [-0.1, -0.05) is 30.3 Å². The highest BCUT2D eigenvalue weighted by Gasteiger charge is 2.29. The van der Waals surface area contributed by atoms with Crippen LogP contribution in [0, 0.1) is 5.92 Å². The summed E-state index contributed by atoms with van der Waals surface area (Å²) in [5.74, 6) is 0.0185. The lowest BCUT2D eigenvalue weighted by Crippen LogP contribution is -2.15. The Morgan fingerprint density at radius 3 is 2.64 bits per heavy atom. The van der Waals surface area contributed by atoms with Crippen LogP contribution in [0.2, 0.25) is 0 Å². The molecule has 2 nitrogen and oxygen atoms in total. The van der Waals surface area contributed by atoms with Crippen LogP contribution in [0.15, 0.2) is 42.7 Å². The van der Waals surface area contributed by atoms with Gasteiger partial charge in [0.1, 0.15) is 11.9 Å². The second-order valence-electron chi connectivity index (χ2n) is 3.43. The standard InChI is InChI=1S/C12H12O2/c1-9(13)11-7-8-14-12(11)10-5-3-2-4-6-10/h2-8,11-12H,1H3. The SMILES string of the molecule is CC(=O)C1C=COC1c1ccccc1. The molecule has 0 spiro atoms. The van der Waals surface area contributed by atoms with E-state index in [-0.39, 0.29) is 17.8 Å². The Morgan fingerprint density at radius 1 is 1.29 bits per heavy atom. The number of rotatable bonds is 2. The van der Waals surface area contributed by atoms with Gasteiger partial charge in [0.2, 0.25) is 0 Å². The van der Waals surface area contributed by atoms with E-state index in [9.17, 15) is 4.79 Å². The fourth-order valence-corrected chi connectivity index (χ4v) is 1.68. The molecule has 2 unspecified atom stereocenters. The summed E-state index contributed by atoms with van der Waals surface area (Å²) in [5.41, 5.74) is 1.05. The van der Waals surface area contributed by atoms with Crippen LogP contribution in [0.1, 0.15) is 18.6 Å². The van der Waals surface area contributed by atoms with E-state index in [2.05, 4.69) is 0 Å². The Labute approximate surface area is 83.2 Å². The molecule has 1 aliphatic heterocycles. The van der Waals surface area contributed by atoms with Crippen LogP contribution in [0.4, 0.5) is 0 Å². The molecule has 1 aromatic carbocycles. The van der Waals surface area contributed by atoms with Crippen molar-refractivity contribution in [2.24, 2.45) is 5.92 Å². The van der Waals surface area contributed by atoms with Crippen LogP contribution in [0.25, 0.3) is 0 Å². The molecule has 0 N–H and O–H groups in total. The molecular weight excluding hydrogens is 176 g/mol. The molecule has 1 aliphatic rings. The Morgan fingerprint density at radius 2 is 2.00 bits per heavy atom. The number of carbonyl (C=O) groups is 1. The van der Waals surface area contributed by atoms with E-state index in [1.165, 1.54) is 0 Å². The molecule has 0 radical (unpaired) electrons. The number of Topliss-reactive ketones (excluding diaryl/α,β-unsaturated/α-hetero) is 1. The van der Waals surface area contributed by atoms with Crippen LogP contribution < -0.4 is 0 Å². The Balaban J connectivity index is 2.24. The predicted molar refractivity (Wildman–Crippen MR) is 53.6 cm³/mol. The number of hydrogen-bond donors (Lipinski definition) is 0. The normalized spacial score (nSPS) is 24.6. The third-order valence-corrected chi connectivity index (χ3v) is 2.43. The van der Waals surface area contributed by atoms with Gasteiger partial charge in [0, 0.05) is 0 Å². The molecule has 0 saturated carbocycles. The zero-order chi connectivity index (χ0) is 9.97. The summed E-state index contributed by atoms with van der Waals surface area (Å²) < 4.78 is 5.41. The molecule has 1 heterocycles. The van der Waals surface area contributed by atoms with Crippen molar-refractivity contribution in [2.75, 3.05) is 0 Å². The fourth-order valence-electron chi connectivity index (χ4n) is 1.68. The first-order chi connectivity index (χ1) is 6.79. The van der Waals surface area contributed by atoms with Crippen molar-refractivity contribution in [3.63, 3.8) is 0 Å². The summed E-state index contributed by atoms with van der Waals surface area (Å²) in [6.07, 6.45) is 3.30. The lowest BCUT2D eigenvalue weighted by Gasteiger charge is -2.16. The van der Waals surface area contributed by atoms with Gasteiger partial charge >= 0.3 is 0 Å². The highest BCUT2D eigenvalue weighted by Crippen LogP contribution is 2.32. The molecule has 0 aromatic heterocycles. The lowest BCUT2D eigenvalue weighted by atomic mass is 9.94. The first kappa shape index (κ1) is 9.00. The van der Waals surface area contributed by atoms with Crippen molar-refractivity contribution in [1.82, 2.24) is 0 Å². The smallest absolute Gasteiger partial charge is 0.140 e. The van der Waals surface area contributed by atoms with Gasteiger partial charge in [-0.2, -0.15) is 0 Å². The molecule has 14 heavy (non-hydrogen) atoms. The molecule has 2 atom stereocenters. The molecule has 0 aliphatic carbocycles. The van der Waals surface area contributed by atoms with Gasteiger partial charge in [-0.25, -0.2) is 0 Å². The quantitative estimate of drug-likeness (QED) is 0.712. The van der Waals surface area contributed by atoms with Gasteiger partial charge in [0.05, 0.1) is 12.2 Å². The zero-order valence-electron chi connectivity index (χ0n) is 8.01. The minimum absolute atomic E-state index is 0.127. The maximum Gasteiger partial charge on any atom is 0.140 e. The third kappa shape index (κ3) is 1.55. The van der Waals surface area contributed by atoms with Gasteiger partial charge in [0.15, 0.2) is 0 Å². The average molecular weight is 188 g/mol. The van der Waals surface area contributed by atoms with Gasteiger partial charge in [0.25, 0.3) is 0 Å². The Hall–Kier alpha value is -1.57. The lowest BCUT2D eigenvalue weighted by molar-refractivity contribution is -0.121. The molecule has 0 fully saturated rings. The summed E-state index contributed by atoms with van der Waals surface area (Å²) in [7, 11) is 0. The minimum Gasteiger partial charge on any atom is -0.493 e. The fraction of sp³-hybridized carbons (Fsp3) is 0.250. The van der Waals surface area contributed by atoms with Gasteiger partial charge < -0.3 is 4.74 Å². The highest BCUT2D eigenvalue weighted by molar-refractivity contribution is 5.81. The first-order valence-corrected chi connectivity index (χ1v) is 4.66. The number of ether oxygens (including phenoxy) is 1. The van der Waals surface area contributed by atoms with Crippen LogP contribution in [-0.4, -0.2) is 5.78 Å². The van der Waals surface area contributed by atoms with Crippen LogP contribution in [-0.2, 0) is 9.53 Å². The average Bonchev–Trinajstić information content (AvgIpc) is 2.67. The molecule has 0 saturated heterocycles. The summed E-state index contributed by atoms with van der Waals surface area (Å²) in [5, 5.41) is 0. The molecule has 72 valence electrons. The monoisotopic (exact) mass is 188 g/mol. The molecule has 0 amide bonds. The van der Waals surface area contributed by atoms with Crippen LogP contribution >= 0.6 is 0 Å². The minimum atomic E-state index is -0.131. The summed E-state index contributed by atoms with van der Waals surface area (Å²) >= 11 is 0. The van der Waals surface area contributed by atoms with E-state index in [1.54, 1.807) is 13.2 Å². The maximum atomic E-state index is 11.3. The van der Waals surface area contributed by atoms with Crippen molar-refractivity contribution in [3.8, 4) is 0 Å². The summed E-state index contributed by atoms with van der Waals surface area (Å²) in [6, 6.07) is 9.82. The molecule has 1 aromatic rings. The topological polar surface area (TPSA) is 26.3 Å². The molecule has 0 bridgehead atoms. The summed E-state index contributed by atoms with van der Waals surface area (Å²) in [6.45, 7) is 1.60. The zero-order valence-corrected chi connectivity index (χ0v) is 8.01. The van der Waals surface area contributed by atoms with Gasteiger partial charge in [-0.15, -0.1) is 0 Å². The van der Waals surface area contributed by atoms with Crippen molar-refractivity contribution in [1.29, 1.82) is 0 Å². The second-order valence-corrected chi connectivity index (χ2v) is 3.43. The number of benzene rings is 1. The van der Waals surface area contributed by atoms with Crippen molar-refractivity contribution >= 4 is 5.78 Å². The number of carbonyl (C=O) groups excluding carboxylic acids is 1. The van der Waals surface area contributed by atoms with Gasteiger partial charge in [-0.3, -0.25) is 4.79 Å². The predicted octanol–water partition coefficient (Wildman–Crippen LogP) is 2.48. The second kappa shape index (κ2) is 3.66. The number of hydrogen-bond acceptors (Lipinski definition) is 2. The van der Waals surface area contributed by atoms with E-state index >= 15 is 0 Å². The largest absolute Gasteiger partial charge is 0.493 e. The number of ketones is 1. The van der Waals surface area contributed by atoms with Crippen molar-refractivity contribution in [3.05, 3.63) is 48.2 Å². The van der Waals surface area contributed by atoms with E-state index in [1.807, 2.05) is 36.4 Å². The van der Waals surface area contributed by atoms with E-state index in [4.69, 9.17) is 4.74 Å². The third-order valence-electron chi connectivity index (χ3n) is 2.43. The van der Waals surface area contributed by atoms with E-state index < -0.39 is 0 Å². The van der Waals surface area contributed by atoms with Crippen molar-refractivity contribution in [2.45, 2.75) is 13.0 Å². The van der Waals surface area contributed by atoms with Gasteiger partial charge in [-0.05, 0) is 18.6 Å².